The van der Waals surface area contributed by atoms with Crippen LogP contribution in [0.15, 0.2) is 23.1 Å². The summed E-state index contributed by atoms with van der Waals surface area (Å²) in [5.41, 5.74) is -0.656. The highest BCUT2D eigenvalue weighted by Crippen LogP contribution is 2.44. The molecule has 1 unspecified atom stereocenters. The van der Waals surface area contributed by atoms with Crippen LogP contribution in [0.3, 0.4) is 0 Å². The highest BCUT2D eigenvalue weighted by atomic mass is 32.2. The molecule has 0 aromatic heterocycles. The summed E-state index contributed by atoms with van der Waals surface area (Å²) in [6, 6.07) is 3.57. The predicted octanol–water partition coefficient (Wildman–Crippen LogP) is 2.08. The van der Waals surface area contributed by atoms with Gasteiger partial charge < -0.3 is 10.1 Å². The number of thioether (sulfide) groups is 1. The van der Waals surface area contributed by atoms with Gasteiger partial charge in [0.1, 0.15) is 0 Å². The highest BCUT2D eigenvalue weighted by Gasteiger charge is 2.38. The standard InChI is InChI=1S/C13H18N4O5S2/c1-2-22-13(23,15-7-5-14-6-8-15)24-12-4-3-10(16(18)19)9-11(12)17(20)21/h3-4,9,14,23H,2,5-8H2,1H3. The van der Waals surface area contributed by atoms with Gasteiger partial charge in [0.25, 0.3) is 11.4 Å². The van der Waals surface area contributed by atoms with Gasteiger partial charge in [-0.15, -0.1) is 12.6 Å². The molecule has 1 heterocycles. The van der Waals surface area contributed by atoms with Gasteiger partial charge in [-0.05, 0) is 13.0 Å². The lowest BCUT2D eigenvalue weighted by atomic mass is 10.3. The molecule has 1 aliphatic rings. The minimum absolute atomic E-state index is 0.271. The molecule has 0 spiro atoms. The minimum atomic E-state index is -1.09. The van der Waals surface area contributed by atoms with Gasteiger partial charge in [0.15, 0.2) is 0 Å². The van der Waals surface area contributed by atoms with E-state index in [0.717, 1.165) is 30.9 Å². The number of hydrogen-bond donors (Lipinski definition) is 2. The Balaban J connectivity index is 2.34. The Bertz CT molecular complexity index is 626. The van der Waals surface area contributed by atoms with E-state index in [1.54, 1.807) is 0 Å². The van der Waals surface area contributed by atoms with Crippen LogP contribution in [0.2, 0.25) is 0 Å². The third-order valence-corrected chi connectivity index (χ3v) is 5.33. The second-order valence-electron chi connectivity index (χ2n) is 4.99. The first-order chi connectivity index (χ1) is 11.4. The van der Waals surface area contributed by atoms with E-state index in [4.69, 9.17) is 4.74 Å². The Morgan fingerprint density at radius 2 is 2.00 bits per heavy atom. The average Bonchev–Trinajstić information content (AvgIpc) is 2.55. The first-order valence-electron chi connectivity index (χ1n) is 7.31. The SMILES string of the molecule is CCOC(S)(Sc1ccc([N+](=O)[O-])cc1[N+](=O)[O-])N1CCNCC1. The Labute approximate surface area is 148 Å². The van der Waals surface area contributed by atoms with Crippen molar-refractivity contribution in [2.75, 3.05) is 32.8 Å². The van der Waals surface area contributed by atoms with Crippen LogP contribution in [0, 0.1) is 20.2 Å². The monoisotopic (exact) mass is 374 g/mol. The molecule has 1 saturated heterocycles. The van der Waals surface area contributed by atoms with Gasteiger partial charge in [-0.2, -0.15) is 0 Å². The third kappa shape index (κ3) is 4.36. The maximum Gasteiger partial charge on any atom is 0.289 e. The molecule has 24 heavy (non-hydrogen) atoms. The predicted molar refractivity (Wildman–Crippen MR) is 93.4 cm³/mol. The molecule has 1 N–H and O–H groups in total. The zero-order valence-corrected chi connectivity index (χ0v) is 14.7. The number of hydrogen-bond acceptors (Lipinski definition) is 9. The molecule has 0 saturated carbocycles. The number of nitro benzene ring substituents is 2. The number of piperazine rings is 1. The fourth-order valence-electron chi connectivity index (χ4n) is 2.31. The maximum atomic E-state index is 11.3. The van der Waals surface area contributed by atoms with Gasteiger partial charge in [-0.1, -0.05) is 11.8 Å². The molecule has 1 aromatic carbocycles. The summed E-state index contributed by atoms with van der Waals surface area (Å²) >= 11 is 5.69. The van der Waals surface area contributed by atoms with Gasteiger partial charge in [-0.3, -0.25) is 25.1 Å². The molecular weight excluding hydrogens is 356 g/mol. The van der Waals surface area contributed by atoms with Crippen molar-refractivity contribution in [3.8, 4) is 0 Å². The number of nitrogens with zero attached hydrogens (tertiary/aromatic N) is 3. The van der Waals surface area contributed by atoms with Gasteiger partial charge in [-0.25, -0.2) is 0 Å². The summed E-state index contributed by atoms with van der Waals surface area (Å²) in [6.45, 7) is 5.07. The number of nitrogens with one attached hydrogen (secondary N) is 1. The molecule has 0 aliphatic carbocycles. The van der Waals surface area contributed by atoms with Gasteiger partial charge in [0, 0.05) is 38.9 Å². The van der Waals surface area contributed by atoms with Crippen molar-refractivity contribution >= 4 is 35.8 Å². The molecule has 11 heteroatoms. The van der Waals surface area contributed by atoms with Crippen LogP contribution in [-0.2, 0) is 4.74 Å². The molecule has 0 radical (unpaired) electrons. The summed E-state index contributed by atoms with van der Waals surface area (Å²) in [6.07, 6.45) is 0. The summed E-state index contributed by atoms with van der Waals surface area (Å²) < 4.78 is 4.67. The van der Waals surface area contributed by atoms with Crippen LogP contribution < -0.4 is 5.32 Å². The first kappa shape index (κ1) is 18.9. The summed E-state index contributed by atoms with van der Waals surface area (Å²) in [5.74, 6) is 0. The van der Waals surface area contributed by atoms with E-state index in [1.807, 2.05) is 11.8 Å². The van der Waals surface area contributed by atoms with E-state index in [0.29, 0.717) is 19.7 Å². The minimum Gasteiger partial charge on any atom is -0.342 e. The van der Waals surface area contributed by atoms with Crippen molar-refractivity contribution in [3.05, 3.63) is 38.4 Å². The van der Waals surface area contributed by atoms with Gasteiger partial charge >= 0.3 is 0 Å². The lowest BCUT2D eigenvalue weighted by Gasteiger charge is -2.41. The van der Waals surface area contributed by atoms with Crippen molar-refractivity contribution in [3.63, 3.8) is 0 Å². The highest BCUT2D eigenvalue weighted by molar-refractivity contribution is 8.11. The Kier molecular flexibility index (Phi) is 6.40. The molecular formula is C13H18N4O5S2. The number of ether oxygens (including phenoxy) is 1. The fraction of sp³-hybridized carbons (Fsp3) is 0.538. The van der Waals surface area contributed by atoms with E-state index in [-0.39, 0.29) is 16.3 Å². The van der Waals surface area contributed by atoms with E-state index >= 15 is 0 Å². The van der Waals surface area contributed by atoms with Crippen LogP contribution in [-0.4, -0.2) is 51.9 Å². The Morgan fingerprint density at radius 1 is 1.33 bits per heavy atom. The van der Waals surface area contributed by atoms with Crippen molar-refractivity contribution < 1.29 is 14.6 Å². The van der Waals surface area contributed by atoms with Crippen LogP contribution >= 0.6 is 24.4 Å². The molecule has 1 aliphatic heterocycles. The zero-order chi connectivity index (χ0) is 17.7. The zero-order valence-electron chi connectivity index (χ0n) is 13.0. The van der Waals surface area contributed by atoms with Gasteiger partial charge in [0.05, 0.1) is 20.8 Å². The van der Waals surface area contributed by atoms with Gasteiger partial charge in [0.2, 0.25) is 4.39 Å². The van der Waals surface area contributed by atoms with Crippen LogP contribution in [0.5, 0.6) is 0 Å². The molecule has 132 valence electrons. The van der Waals surface area contributed by atoms with Crippen molar-refractivity contribution in [2.45, 2.75) is 16.2 Å². The van der Waals surface area contributed by atoms with E-state index in [9.17, 15) is 20.2 Å². The molecule has 2 rings (SSSR count). The second-order valence-corrected chi connectivity index (χ2v) is 7.09. The smallest absolute Gasteiger partial charge is 0.289 e. The second kappa shape index (κ2) is 8.12. The normalized spacial score (nSPS) is 18.1. The van der Waals surface area contributed by atoms with Crippen molar-refractivity contribution in [2.24, 2.45) is 0 Å². The quantitative estimate of drug-likeness (QED) is 0.245. The average molecular weight is 374 g/mol. The van der Waals surface area contributed by atoms with E-state index in [1.165, 1.54) is 12.1 Å². The number of rotatable bonds is 7. The van der Waals surface area contributed by atoms with E-state index in [2.05, 4.69) is 17.9 Å². The molecule has 9 nitrogen and oxygen atoms in total. The summed E-state index contributed by atoms with van der Waals surface area (Å²) in [5, 5.41) is 25.4. The largest absolute Gasteiger partial charge is 0.342 e. The molecule has 1 fully saturated rings. The number of benzene rings is 1. The van der Waals surface area contributed by atoms with Crippen molar-refractivity contribution in [1.82, 2.24) is 10.2 Å². The molecule has 1 aromatic rings. The Hall–Kier alpha value is -1.40. The van der Waals surface area contributed by atoms with E-state index < -0.39 is 14.2 Å². The number of thiol groups is 1. The first-order valence-corrected chi connectivity index (χ1v) is 8.57. The fourth-order valence-corrected chi connectivity index (χ4v) is 4.09. The third-order valence-electron chi connectivity index (χ3n) is 3.44. The van der Waals surface area contributed by atoms with Crippen LogP contribution in [0.25, 0.3) is 0 Å². The lowest BCUT2D eigenvalue weighted by Crippen LogP contribution is -2.53. The van der Waals surface area contributed by atoms with Crippen LogP contribution in [0.1, 0.15) is 6.92 Å². The number of non-ortho nitro benzene ring substituents is 1. The lowest BCUT2D eigenvalue weighted by molar-refractivity contribution is -0.396. The van der Waals surface area contributed by atoms with Crippen molar-refractivity contribution in [1.29, 1.82) is 0 Å². The molecule has 1 atom stereocenters. The Morgan fingerprint density at radius 3 is 2.54 bits per heavy atom. The number of nitro groups is 2. The van der Waals surface area contributed by atoms with Crippen LogP contribution in [0.4, 0.5) is 11.4 Å². The topological polar surface area (TPSA) is 111 Å². The summed E-state index contributed by atoms with van der Waals surface area (Å²) in [4.78, 5) is 23.1. The summed E-state index contributed by atoms with van der Waals surface area (Å²) in [7, 11) is 0. The molecule has 0 amide bonds. The maximum absolute atomic E-state index is 11.3. The molecule has 0 bridgehead atoms.